The molecule has 21 heavy (non-hydrogen) atoms. The molecule has 116 valence electrons. The summed E-state index contributed by atoms with van der Waals surface area (Å²) >= 11 is 1.14. The van der Waals surface area contributed by atoms with Gasteiger partial charge in [-0.1, -0.05) is 6.07 Å². The minimum absolute atomic E-state index is 0.185. The van der Waals surface area contributed by atoms with Gasteiger partial charge in [0.25, 0.3) is 5.91 Å². The number of rotatable bonds is 5. The van der Waals surface area contributed by atoms with Gasteiger partial charge in [0.1, 0.15) is 6.04 Å². The van der Waals surface area contributed by atoms with Crippen LogP contribution in [0.25, 0.3) is 0 Å². The van der Waals surface area contributed by atoms with Crippen LogP contribution in [-0.2, 0) is 19.7 Å². The smallest absolute Gasteiger partial charge is 0.324 e. The van der Waals surface area contributed by atoms with Gasteiger partial charge in [0, 0.05) is 6.54 Å². The van der Waals surface area contributed by atoms with Crippen molar-refractivity contribution >= 4 is 33.4 Å². The Balaban J connectivity index is 2.11. The Labute approximate surface area is 127 Å². The Bertz CT molecular complexity index is 612. The summed E-state index contributed by atoms with van der Waals surface area (Å²) in [6.07, 6.45) is 0.949. The molecule has 1 aromatic rings. The molecule has 1 fully saturated rings. The molecular weight excluding hydrogens is 316 g/mol. The van der Waals surface area contributed by atoms with Crippen molar-refractivity contribution in [2.45, 2.75) is 25.8 Å². The molecule has 1 aliphatic heterocycles. The van der Waals surface area contributed by atoms with Gasteiger partial charge >= 0.3 is 16.2 Å². The largest absolute Gasteiger partial charge is 0.465 e. The van der Waals surface area contributed by atoms with Crippen LogP contribution in [0, 0.1) is 0 Å². The van der Waals surface area contributed by atoms with E-state index in [1.807, 2.05) is 4.72 Å². The molecule has 0 radical (unpaired) electrons. The first-order valence-corrected chi connectivity index (χ1v) is 8.81. The summed E-state index contributed by atoms with van der Waals surface area (Å²) in [5.74, 6) is -1.27. The average molecular weight is 332 g/mol. The number of esters is 1. The van der Waals surface area contributed by atoms with Crippen molar-refractivity contribution in [3.8, 4) is 0 Å². The second kappa shape index (κ2) is 6.54. The van der Waals surface area contributed by atoms with Crippen LogP contribution in [0.1, 0.15) is 29.4 Å². The van der Waals surface area contributed by atoms with Crippen molar-refractivity contribution in [3.05, 3.63) is 22.4 Å². The van der Waals surface area contributed by atoms with Crippen LogP contribution in [0.3, 0.4) is 0 Å². The third-order valence-electron chi connectivity index (χ3n) is 3.04. The molecule has 2 rings (SSSR count). The fourth-order valence-corrected chi connectivity index (χ4v) is 4.18. The fourth-order valence-electron chi connectivity index (χ4n) is 2.14. The number of hydrogen-bond donors (Lipinski definition) is 1. The Morgan fingerprint density at radius 2 is 2.29 bits per heavy atom. The van der Waals surface area contributed by atoms with E-state index in [9.17, 15) is 18.0 Å². The maximum Gasteiger partial charge on any atom is 0.324 e. The number of carbonyl (C=O) groups excluding carboxylic acids is 2. The van der Waals surface area contributed by atoms with Crippen LogP contribution in [0.4, 0.5) is 0 Å². The summed E-state index contributed by atoms with van der Waals surface area (Å²) < 4.78 is 32.4. The lowest BCUT2D eigenvalue weighted by Gasteiger charge is -2.22. The first-order valence-electron chi connectivity index (χ1n) is 6.49. The number of hydrogen-bond acceptors (Lipinski definition) is 6. The molecule has 1 aromatic heterocycles. The molecular formula is C12H16N2O5S2. The van der Waals surface area contributed by atoms with Crippen LogP contribution in [-0.4, -0.2) is 43.8 Å². The molecule has 2 heterocycles. The molecule has 0 bridgehead atoms. The van der Waals surface area contributed by atoms with Gasteiger partial charge < -0.3 is 4.74 Å². The lowest BCUT2D eigenvalue weighted by Crippen LogP contribution is -2.48. The maximum absolute atomic E-state index is 12.2. The summed E-state index contributed by atoms with van der Waals surface area (Å²) in [4.78, 5) is 23.9. The SMILES string of the molecule is CCOC(=O)C1CCCN1S(=O)(=O)NC(=O)c1cccs1. The quantitative estimate of drug-likeness (QED) is 0.803. The first-order chi connectivity index (χ1) is 9.95. The normalized spacial score (nSPS) is 19.4. The van der Waals surface area contributed by atoms with Gasteiger partial charge in [-0.25, -0.2) is 4.72 Å². The minimum atomic E-state index is -4.06. The molecule has 9 heteroatoms. The van der Waals surface area contributed by atoms with E-state index in [1.54, 1.807) is 18.4 Å². The van der Waals surface area contributed by atoms with E-state index in [1.165, 1.54) is 6.07 Å². The molecule has 1 amide bonds. The van der Waals surface area contributed by atoms with Crippen molar-refractivity contribution in [2.24, 2.45) is 0 Å². The molecule has 0 aliphatic carbocycles. The Morgan fingerprint density at radius 3 is 2.90 bits per heavy atom. The van der Waals surface area contributed by atoms with E-state index in [-0.39, 0.29) is 13.2 Å². The zero-order chi connectivity index (χ0) is 15.5. The van der Waals surface area contributed by atoms with Crippen molar-refractivity contribution in [2.75, 3.05) is 13.2 Å². The number of ether oxygens (including phenoxy) is 1. The molecule has 1 aliphatic rings. The Morgan fingerprint density at radius 1 is 1.52 bits per heavy atom. The zero-order valence-electron chi connectivity index (χ0n) is 11.4. The summed E-state index contributed by atoms with van der Waals surface area (Å²) in [6.45, 7) is 2.03. The third-order valence-corrected chi connectivity index (χ3v) is 5.40. The molecule has 1 N–H and O–H groups in total. The van der Waals surface area contributed by atoms with Crippen LogP contribution < -0.4 is 4.72 Å². The Kier molecular flexibility index (Phi) is 4.96. The number of nitrogens with one attached hydrogen (secondary N) is 1. The fraction of sp³-hybridized carbons (Fsp3) is 0.500. The standard InChI is InChI=1S/C12H16N2O5S2/c1-2-19-12(16)9-5-3-7-14(9)21(17,18)13-11(15)10-6-4-8-20-10/h4,6,8-9H,2-3,5,7H2,1H3,(H,13,15). The highest BCUT2D eigenvalue weighted by Crippen LogP contribution is 2.22. The highest BCUT2D eigenvalue weighted by molar-refractivity contribution is 7.87. The summed E-state index contributed by atoms with van der Waals surface area (Å²) in [5.41, 5.74) is 0. The van der Waals surface area contributed by atoms with Crippen LogP contribution in [0.15, 0.2) is 17.5 Å². The van der Waals surface area contributed by atoms with Crippen LogP contribution >= 0.6 is 11.3 Å². The van der Waals surface area contributed by atoms with Gasteiger partial charge in [0.05, 0.1) is 11.5 Å². The van der Waals surface area contributed by atoms with Gasteiger partial charge in [-0.05, 0) is 31.2 Å². The molecule has 1 atom stereocenters. The van der Waals surface area contributed by atoms with E-state index in [4.69, 9.17) is 4.74 Å². The van der Waals surface area contributed by atoms with Crippen molar-refractivity contribution < 1.29 is 22.7 Å². The minimum Gasteiger partial charge on any atom is -0.465 e. The van der Waals surface area contributed by atoms with Gasteiger partial charge in [0.15, 0.2) is 0 Å². The second-order valence-corrected chi connectivity index (χ2v) is 7.01. The van der Waals surface area contributed by atoms with Crippen molar-refractivity contribution in [3.63, 3.8) is 0 Å². The second-order valence-electron chi connectivity index (χ2n) is 4.43. The van der Waals surface area contributed by atoms with E-state index < -0.39 is 28.1 Å². The molecule has 1 saturated heterocycles. The molecule has 0 aromatic carbocycles. The Hall–Kier alpha value is -1.45. The van der Waals surface area contributed by atoms with Crippen LogP contribution in [0.2, 0.25) is 0 Å². The molecule has 1 unspecified atom stereocenters. The number of nitrogens with zero attached hydrogens (tertiary/aromatic N) is 1. The first kappa shape index (κ1) is 15.9. The van der Waals surface area contributed by atoms with Gasteiger partial charge in [-0.15, -0.1) is 11.3 Å². The van der Waals surface area contributed by atoms with E-state index in [0.717, 1.165) is 15.6 Å². The summed E-state index contributed by atoms with van der Waals surface area (Å²) in [6, 6.07) is 2.32. The third kappa shape index (κ3) is 3.60. The maximum atomic E-state index is 12.2. The summed E-state index contributed by atoms with van der Waals surface area (Å²) in [5, 5.41) is 1.68. The zero-order valence-corrected chi connectivity index (χ0v) is 13.1. The topological polar surface area (TPSA) is 92.8 Å². The number of carbonyl (C=O) groups is 2. The number of thiophene rings is 1. The van der Waals surface area contributed by atoms with E-state index in [2.05, 4.69) is 0 Å². The highest BCUT2D eigenvalue weighted by atomic mass is 32.2. The number of amides is 1. The monoisotopic (exact) mass is 332 g/mol. The van der Waals surface area contributed by atoms with E-state index >= 15 is 0 Å². The van der Waals surface area contributed by atoms with Gasteiger partial charge in [-0.2, -0.15) is 12.7 Å². The van der Waals surface area contributed by atoms with Gasteiger partial charge in [0.2, 0.25) is 0 Å². The van der Waals surface area contributed by atoms with Gasteiger partial charge in [-0.3, -0.25) is 9.59 Å². The predicted octanol–water partition coefficient (Wildman–Crippen LogP) is 0.750. The lowest BCUT2D eigenvalue weighted by molar-refractivity contribution is -0.146. The highest BCUT2D eigenvalue weighted by Gasteiger charge is 2.40. The van der Waals surface area contributed by atoms with Crippen LogP contribution in [0.5, 0.6) is 0 Å². The molecule has 0 spiro atoms. The molecule has 0 saturated carbocycles. The molecule has 7 nitrogen and oxygen atoms in total. The predicted molar refractivity (Wildman–Crippen MR) is 77.1 cm³/mol. The summed E-state index contributed by atoms with van der Waals surface area (Å²) in [7, 11) is -4.06. The van der Waals surface area contributed by atoms with Crippen molar-refractivity contribution in [1.29, 1.82) is 0 Å². The lowest BCUT2D eigenvalue weighted by atomic mass is 10.2. The van der Waals surface area contributed by atoms with E-state index in [0.29, 0.717) is 17.7 Å². The van der Waals surface area contributed by atoms with Crippen molar-refractivity contribution in [1.82, 2.24) is 9.03 Å². The average Bonchev–Trinajstić information content (AvgIpc) is 3.10.